The molecule has 0 N–H and O–H groups in total. The van der Waals surface area contributed by atoms with Gasteiger partial charge in [-0.3, -0.25) is 9.69 Å². The number of likely N-dealkylation sites (N-methyl/N-ethyl adjacent to an activating group) is 1. The van der Waals surface area contributed by atoms with Gasteiger partial charge in [-0.05, 0) is 38.8 Å². The Balaban J connectivity index is 1.67. The Bertz CT molecular complexity index is 516. The molecule has 0 saturated carbocycles. The van der Waals surface area contributed by atoms with Crippen LogP contribution in [-0.2, 0) is 4.79 Å². The fraction of sp³-hybridized carbons (Fsp3) is 0.812. The van der Waals surface area contributed by atoms with Gasteiger partial charge in [0.25, 0.3) is 0 Å². The maximum Gasteiger partial charge on any atom is 0.239 e. The zero-order chi connectivity index (χ0) is 15.5. The number of aryl methyl sites for hydroxylation is 1. The number of nitrogens with zero attached hydrogens (tertiary/aromatic N) is 4. The Kier molecular flexibility index (Phi) is 4.76. The SMILES string of the molecule is CCN1CCCC[C@H]1C(=O)N1CCC[C@H](c2noc(C)n2)C1. The number of hydrogen-bond donors (Lipinski definition) is 0. The summed E-state index contributed by atoms with van der Waals surface area (Å²) < 4.78 is 5.09. The zero-order valence-electron chi connectivity index (χ0n) is 13.6. The molecule has 22 heavy (non-hydrogen) atoms. The van der Waals surface area contributed by atoms with Crippen molar-refractivity contribution in [2.75, 3.05) is 26.2 Å². The number of aromatic nitrogens is 2. The van der Waals surface area contributed by atoms with Crippen molar-refractivity contribution < 1.29 is 9.32 Å². The molecule has 1 amide bonds. The van der Waals surface area contributed by atoms with Gasteiger partial charge < -0.3 is 9.42 Å². The molecule has 2 atom stereocenters. The van der Waals surface area contributed by atoms with Gasteiger partial charge in [0, 0.05) is 25.9 Å². The van der Waals surface area contributed by atoms with E-state index in [2.05, 4.69) is 22.0 Å². The van der Waals surface area contributed by atoms with Crippen LogP contribution in [0.5, 0.6) is 0 Å². The van der Waals surface area contributed by atoms with E-state index in [0.29, 0.717) is 11.8 Å². The van der Waals surface area contributed by atoms with Crippen LogP contribution < -0.4 is 0 Å². The average molecular weight is 306 g/mol. The van der Waals surface area contributed by atoms with E-state index in [1.807, 2.05) is 11.8 Å². The Morgan fingerprint density at radius 2 is 2.14 bits per heavy atom. The number of hydrogen-bond acceptors (Lipinski definition) is 5. The second-order valence-corrected chi connectivity index (χ2v) is 6.44. The molecule has 0 aromatic carbocycles. The van der Waals surface area contributed by atoms with Crippen LogP contribution in [-0.4, -0.2) is 58.1 Å². The predicted molar refractivity (Wildman–Crippen MR) is 82.5 cm³/mol. The van der Waals surface area contributed by atoms with Crippen LogP contribution in [0.25, 0.3) is 0 Å². The van der Waals surface area contributed by atoms with Gasteiger partial charge in [0.15, 0.2) is 5.82 Å². The molecule has 0 aliphatic carbocycles. The summed E-state index contributed by atoms with van der Waals surface area (Å²) in [7, 11) is 0. The van der Waals surface area contributed by atoms with E-state index in [1.165, 1.54) is 6.42 Å². The summed E-state index contributed by atoms with van der Waals surface area (Å²) in [5.41, 5.74) is 0. The molecule has 3 heterocycles. The molecule has 1 aromatic rings. The summed E-state index contributed by atoms with van der Waals surface area (Å²) in [4.78, 5) is 21.6. The number of carbonyl (C=O) groups excluding carboxylic acids is 1. The second kappa shape index (κ2) is 6.77. The lowest BCUT2D eigenvalue weighted by Gasteiger charge is -2.39. The topological polar surface area (TPSA) is 62.5 Å². The van der Waals surface area contributed by atoms with Crippen molar-refractivity contribution in [3.63, 3.8) is 0 Å². The highest BCUT2D eigenvalue weighted by molar-refractivity contribution is 5.82. The van der Waals surface area contributed by atoms with Gasteiger partial charge in [-0.2, -0.15) is 4.98 Å². The first-order valence-corrected chi connectivity index (χ1v) is 8.52. The first-order valence-electron chi connectivity index (χ1n) is 8.52. The maximum atomic E-state index is 12.9. The van der Waals surface area contributed by atoms with E-state index in [1.54, 1.807) is 0 Å². The summed E-state index contributed by atoms with van der Waals surface area (Å²) >= 11 is 0. The van der Waals surface area contributed by atoms with Crippen molar-refractivity contribution in [2.24, 2.45) is 0 Å². The Morgan fingerprint density at radius 1 is 1.27 bits per heavy atom. The van der Waals surface area contributed by atoms with Crippen molar-refractivity contribution in [1.82, 2.24) is 19.9 Å². The third-order valence-electron chi connectivity index (χ3n) is 4.95. The monoisotopic (exact) mass is 306 g/mol. The Hall–Kier alpha value is -1.43. The van der Waals surface area contributed by atoms with Crippen LogP contribution in [0, 0.1) is 6.92 Å². The highest BCUT2D eigenvalue weighted by atomic mass is 16.5. The number of piperidine rings is 2. The summed E-state index contributed by atoms with van der Waals surface area (Å²) in [6.07, 6.45) is 5.42. The van der Waals surface area contributed by atoms with Crippen molar-refractivity contribution in [2.45, 2.75) is 57.9 Å². The molecule has 2 aliphatic heterocycles. The standard InChI is InChI=1S/C16H26N4O2/c1-3-19-9-5-4-8-14(19)16(21)20-10-6-7-13(11-20)15-17-12(2)22-18-15/h13-14H,3-11H2,1-2H3/t13-,14-/m0/s1. The molecule has 122 valence electrons. The minimum atomic E-state index is 0.0736. The Labute approximate surface area is 131 Å². The number of amides is 1. The van der Waals surface area contributed by atoms with Gasteiger partial charge in [-0.15, -0.1) is 0 Å². The minimum absolute atomic E-state index is 0.0736. The molecule has 0 bridgehead atoms. The van der Waals surface area contributed by atoms with Crippen LogP contribution in [0.15, 0.2) is 4.52 Å². The van der Waals surface area contributed by atoms with Crippen molar-refractivity contribution in [3.8, 4) is 0 Å². The highest BCUT2D eigenvalue weighted by Gasteiger charge is 2.34. The van der Waals surface area contributed by atoms with Gasteiger partial charge in [0.1, 0.15) is 0 Å². The van der Waals surface area contributed by atoms with Gasteiger partial charge in [0.2, 0.25) is 11.8 Å². The van der Waals surface area contributed by atoms with Gasteiger partial charge in [0.05, 0.1) is 6.04 Å². The third kappa shape index (κ3) is 3.16. The van der Waals surface area contributed by atoms with E-state index < -0.39 is 0 Å². The normalized spacial score (nSPS) is 27.1. The van der Waals surface area contributed by atoms with E-state index in [9.17, 15) is 4.79 Å². The lowest BCUT2D eigenvalue weighted by Crippen LogP contribution is -2.52. The molecule has 0 spiro atoms. The number of carbonyl (C=O) groups is 1. The molecule has 0 unspecified atom stereocenters. The molecule has 0 radical (unpaired) electrons. The molecule has 2 fully saturated rings. The molecular formula is C16H26N4O2. The van der Waals surface area contributed by atoms with E-state index >= 15 is 0 Å². The van der Waals surface area contributed by atoms with E-state index in [4.69, 9.17) is 4.52 Å². The highest BCUT2D eigenvalue weighted by Crippen LogP contribution is 2.27. The molecule has 6 heteroatoms. The smallest absolute Gasteiger partial charge is 0.239 e. The lowest BCUT2D eigenvalue weighted by molar-refractivity contribution is -0.139. The van der Waals surface area contributed by atoms with Crippen molar-refractivity contribution in [1.29, 1.82) is 0 Å². The third-order valence-corrected chi connectivity index (χ3v) is 4.95. The van der Waals surface area contributed by atoms with Crippen LogP contribution >= 0.6 is 0 Å². The van der Waals surface area contributed by atoms with Gasteiger partial charge >= 0.3 is 0 Å². The summed E-state index contributed by atoms with van der Waals surface area (Å²) in [6.45, 7) is 7.55. The van der Waals surface area contributed by atoms with Crippen molar-refractivity contribution in [3.05, 3.63) is 11.7 Å². The fourth-order valence-corrected chi connectivity index (χ4v) is 3.73. The van der Waals surface area contributed by atoms with Crippen LogP contribution in [0.3, 0.4) is 0 Å². The average Bonchev–Trinajstić information content (AvgIpc) is 3.01. The summed E-state index contributed by atoms with van der Waals surface area (Å²) in [5.74, 6) is 1.87. The molecule has 1 aromatic heterocycles. The number of rotatable bonds is 3. The summed E-state index contributed by atoms with van der Waals surface area (Å²) in [6, 6.07) is 0.0736. The lowest BCUT2D eigenvalue weighted by atomic mass is 9.95. The molecule has 3 rings (SSSR count). The van der Waals surface area contributed by atoms with Crippen molar-refractivity contribution >= 4 is 5.91 Å². The molecule has 6 nitrogen and oxygen atoms in total. The molecule has 2 aliphatic rings. The van der Waals surface area contributed by atoms with Gasteiger partial charge in [-0.1, -0.05) is 18.5 Å². The minimum Gasteiger partial charge on any atom is -0.341 e. The maximum absolute atomic E-state index is 12.9. The predicted octanol–water partition coefficient (Wildman–Crippen LogP) is 1.96. The van der Waals surface area contributed by atoms with Gasteiger partial charge in [-0.25, -0.2) is 0 Å². The first kappa shape index (κ1) is 15.5. The molecular weight excluding hydrogens is 280 g/mol. The quantitative estimate of drug-likeness (QED) is 0.854. The van der Waals surface area contributed by atoms with Crippen LogP contribution in [0.1, 0.15) is 56.7 Å². The van der Waals surface area contributed by atoms with E-state index in [-0.39, 0.29) is 12.0 Å². The largest absolute Gasteiger partial charge is 0.341 e. The Morgan fingerprint density at radius 3 is 2.86 bits per heavy atom. The van der Waals surface area contributed by atoms with E-state index in [0.717, 1.165) is 57.7 Å². The summed E-state index contributed by atoms with van der Waals surface area (Å²) in [5, 5.41) is 4.04. The molecule has 2 saturated heterocycles. The zero-order valence-corrected chi connectivity index (χ0v) is 13.6. The first-order chi connectivity index (χ1) is 10.7. The van der Waals surface area contributed by atoms with Crippen LogP contribution in [0.4, 0.5) is 0 Å². The number of likely N-dealkylation sites (tertiary alicyclic amines) is 2. The van der Waals surface area contributed by atoms with Crippen LogP contribution in [0.2, 0.25) is 0 Å². The second-order valence-electron chi connectivity index (χ2n) is 6.44. The fourth-order valence-electron chi connectivity index (χ4n) is 3.73.